The van der Waals surface area contributed by atoms with E-state index in [4.69, 9.17) is 4.74 Å². The van der Waals surface area contributed by atoms with Crippen LogP contribution in [0.15, 0.2) is 18.3 Å². The van der Waals surface area contributed by atoms with Crippen molar-refractivity contribution >= 4 is 11.9 Å². The van der Waals surface area contributed by atoms with Crippen LogP contribution in [-0.4, -0.2) is 78.5 Å². The minimum Gasteiger partial charge on any atom is -0.481 e. The molecule has 7 nitrogen and oxygen atoms in total. The maximum Gasteiger partial charge on any atom is 0.319 e. The Hall–Kier alpha value is -2.31. The molecule has 2 bridgehead atoms. The van der Waals surface area contributed by atoms with Gasteiger partial charge in [-0.05, 0) is 24.8 Å². The van der Waals surface area contributed by atoms with Gasteiger partial charge in [0.25, 0.3) is 5.91 Å². The summed E-state index contributed by atoms with van der Waals surface area (Å²) < 4.78 is 5.11. The monoisotopic (exact) mass is 332 g/mol. The fourth-order valence-electron chi connectivity index (χ4n) is 3.59. The van der Waals surface area contributed by atoms with Gasteiger partial charge in [0, 0.05) is 57.6 Å². The van der Waals surface area contributed by atoms with Crippen LogP contribution in [0.2, 0.25) is 0 Å². The first-order valence-electron chi connectivity index (χ1n) is 8.27. The summed E-state index contributed by atoms with van der Waals surface area (Å²) in [7, 11) is 5.07. The predicted octanol–water partition coefficient (Wildman–Crippen LogP) is 1.31. The number of aromatic nitrogens is 1. The minimum absolute atomic E-state index is 0.00967. The molecule has 0 saturated carbocycles. The Bertz CT molecular complexity index is 634. The van der Waals surface area contributed by atoms with Crippen molar-refractivity contribution in [3.05, 3.63) is 23.9 Å². The topological polar surface area (TPSA) is 66.0 Å². The molecule has 3 fully saturated rings. The van der Waals surface area contributed by atoms with Gasteiger partial charge >= 0.3 is 6.03 Å². The fourth-order valence-corrected chi connectivity index (χ4v) is 3.59. The van der Waals surface area contributed by atoms with Gasteiger partial charge in [-0.2, -0.15) is 0 Å². The molecular formula is C17H24N4O3. The molecule has 0 N–H and O–H groups in total. The minimum atomic E-state index is -0.00967. The molecule has 4 rings (SSSR count). The van der Waals surface area contributed by atoms with Crippen LogP contribution < -0.4 is 4.74 Å². The molecule has 130 valence electrons. The number of ether oxygens (including phenoxy) is 1. The number of carbonyl (C=O) groups excluding carboxylic acids is 2. The van der Waals surface area contributed by atoms with Crippen LogP contribution in [0.4, 0.5) is 4.79 Å². The molecule has 4 heterocycles. The number of hydrogen-bond donors (Lipinski definition) is 0. The summed E-state index contributed by atoms with van der Waals surface area (Å²) in [5.74, 6) is 0.759. The van der Waals surface area contributed by atoms with Gasteiger partial charge in [-0.15, -0.1) is 0 Å². The van der Waals surface area contributed by atoms with E-state index in [1.165, 1.54) is 7.11 Å². The largest absolute Gasteiger partial charge is 0.481 e. The molecule has 1 aromatic heterocycles. The normalized spacial score (nSPS) is 23.0. The average Bonchev–Trinajstić information content (AvgIpc) is 2.92. The highest BCUT2D eigenvalue weighted by atomic mass is 16.5. The quantitative estimate of drug-likeness (QED) is 0.819. The van der Waals surface area contributed by atoms with Gasteiger partial charge in [-0.1, -0.05) is 0 Å². The number of rotatable bonds is 2. The molecule has 0 unspecified atom stereocenters. The van der Waals surface area contributed by atoms with Gasteiger partial charge in [0.2, 0.25) is 5.88 Å². The molecule has 0 aliphatic carbocycles. The van der Waals surface area contributed by atoms with E-state index in [0.717, 1.165) is 19.4 Å². The highest BCUT2D eigenvalue weighted by Gasteiger charge is 2.39. The summed E-state index contributed by atoms with van der Waals surface area (Å²) in [5, 5.41) is 0. The number of hydrogen-bond acceptors (Lipinski definition) is 4. The van der Waals surface area contributed by atoms with Crippen molar-refractivity contribution in [2.75, 3.05) is 40.8 Å². The van der Waals surface area contributed by atoms with Crippen molar-refractivity contribution in [2.24, 2.45) is 5.92 Å². The summed E-state index contributed by atoms with van der Waals surface area (Å²) in [6.45, 7) is 2.02. The number of carbonyl (C=O) groups is 2. The second-order valence-electron chi connectivity index (χ2n) is 6.72. The molecule has 2 atom stereocenters. The Kier molecular flexibility index (Phi) is 4.59. The highest BCUT2D eigenvalue weighted by Crippen LogP contribution is 2.29. The zero-order chi connectivity index (χ0) is 17.3. The number of nitrogens with zero attached hydrogens (tertiary/aromatic N) is 4. The van der Waals surface area contributed by atoms with E-state index in [2.05, 4.69) is 4.98 Å². The van der Waals surface area contributed by atoms with E-state index in [1.54, 1.807) is 37.3 Å². The van der Waals surface area contributed by atoms with Gasteiger partial charge in [-0.3, -0.25) is 4.79 Å². The van der Waals surface area contributed by atoms with E-state index in [0.29, 0.717) is 30.5 Å². The van der Waals surface area contributed by atoms with Crippen molar-refractivity contribution in [1.29, 1.82) is 0 Å². The fraction of sp³-hybridized carbons (Fsp3) is 0.588. The molecule has 3 amide bonds. The van der Waals surface area contributed by atoms with Crippen LogP contribution in [0.3, 0.4) is 0 Å². The van der Waals surface area contributed by atoms with E-state index >= 15 is 0 Å². The molecule has 3 saturated heterocycles. The number of methoxy groups -OCH3 is 1. The van der Waals surface area contributed by atoms with E-state index < -0.39 is 0 Å². The lowest BCUT2D eigenvalue weighted by atomic mass is 9.94. The van der Waals surface area contributed by atoms with Crippen LogP contribution in [0.5, 0.6) is 5.88 Å². The van der Waals surface area contributed by atoms with Crippen molar-refractivity contribution in [3.63, 3.8) is 0 Å². The Morgan fingerprint density at radius 2 is 2.04 bits per heavy atom. The third kappa shape index (κ3) is 3.16. The number of fused-ring (bicyclic) bond motifs is 4. The third-order valence-electron chi connectivity index (χ3n) is 4.82. The highest BCUT2D eigenvalue weighted by molar-refractivity contribution is 5.94. The zero-order valence-corrected chi connectivity index (χ0v) is 14.4. The number of piperidine rings is 1. The van der Waals surface area contributed by atoms with Gasteiger partial charge in [0.15, 0.2) is 0 Å². The van der Waals surface area contributed by atoms with Gasteiger partial charge < -0.3 is 19.4 Å². The van der Waals surface area contributed by atoms with E-state index in [9.17, 15) is 9.59 Å². The molecular weight excluding hydrogens is 308 g/mol. The van der Waals surface area contributed by atoms with Crippen LogP contribution >= 0.6 is 0 Å². The SMILES string of the molecule is COc1cc(C(=O)N2C[C@@H]3CC[C@H]2CN(C(=O)N(C)C)C3)ccn1. The van der Waals surface area contributed by atoms with E-state index in [-0.39, 0.29) is 18.0 Å². The molecule has 0 radical (unpaired) electrons. The first-order chi connectivity index (χ1) is 11.5. The molecule has 7 heteroatoms. The van der Waals surface area contributed by atoms with Crippen LogP contribution in [0, 0.1) is 5.92 Å². The summed E-state index contributed by atoms with van der Waals surface area (Å²) >= 11 is 0. The van der Waals surface area contributed by atoms with Crippen molar-refractivity contribution in [3.8, 4) is 5.88 Å². The lowest BCUT2D eigenvalue weighted by Gasteiger charge is -2.36. The van der Waals surface area contributed by atoms with Crippen LogP contribution in [0.1, 0.15) is 23.2 Å². The smallest absolute Gasteiger partial charge is 0.319 e. The molecule has 1 aromatic rings. The maximum atomic E-state index is 12.9. The second-order valence-corrected chi connectivity index (χ2v) is 6.72. The van der Waals surface area contributed by atoms with Crippen molar-refractivity contribution in [1.82, 2.24) is 19.7 Å². The maximum absolute atomic E-state index is 12.9. The number of amides is 3. The third-order valence-corrected chi connectivity index (χ3v) is 4.82. The van der Waals surface area contributed by atoms with Crippen LogP contribution in [-0.2, 0) is 0 Å². The lowest BCUT2D eigenvalue weighted by Crippen LogP contribution is -2.48. The molecule has 3 aliphatic heterocycles. The van der Waals surface area contributed by atoms with Crippen LogP contribution in [0.25, 0.3) is 0 Å². The zero-order valence-electron chi connectivity index (χ0n) is 14.4. The standard InChI is InChI=1S/C17H24N4O3/c1-19(2)17(23)20-9-12-4-5-14(11-20)21(10-12)16(22)13-6-7-18-15(8-13)24-3/h6-8,12,14H,4-5,9-11H2,1-3H3/t12-,14+/m1/s1. The van der Waals surface area contributed by atoms with Gasteiger partial charge in [0.05, 0.1) is 7.11 Å². The van der Waals surface area contributed by atoms with Crippen molar-refractivity contribution < 1.29 is 14.3 Å². The number of pyridine rings is 1. The molecule has 24 heavy (non-hydrogen) atoms. The summed E-state index contributed by atoms with van der Waals surface area (Å²) in [5.41, 5.74) is 0.583. The van der Waals surface area contributed by atoms with E-state index in [1.807, 2.05) is 9.80 Å². The Morgan fingerprint density at radius 3 is 2.75 bits per heavy atom. The Morgan fingerprint density at radius 1 is 1.25 bits per heavy atom. The summed E-state index contributed by atoms with van der Waals surface area (Å²) in [6.07, 6.45) is 3.59. The van der Waals surface area contributed by atoms with Gasteiger partial charge in [0.1, 0.15) is 0 Å². The summed E-state index contributed by atoms with van der Waals surface area (Å²) in [6, 6.07) is 3.47. The summed E-state index contributed by atoms with van der Waals surface area (Å²) in [4.78, 5) is 34.7. The lowest BCUT2D eigenvalue weighted by molar-refractivity contribution is 0.0585. The average molecular weight is 332 g/mol. The van der Waals surface area contributed by atoms with Crippen molar-refractivity contribution in [2.45, 2.75) is 18.9 Å². The molecule has 0 spiro atoms. The Balaban J connectivity index is 1.80. The first kappa shape index (κ1) is 16.5. The first-order valence-corrected chi connectivity index (χ1v) is 8.27. The Labute approximate surface area is 142 Å². The molecule has 3 aliphatic rings. The molecule has 0 aromatic carbocycles. The number of urea groups is 1. The second kappa shape index (κ2) is 6.67. The predicted molar refractivity (Wildman–Crippen MR) is 89.0 cm³/mol. The van der Waals surface area contributed by atoms with Gasteiger partial charge in [-0.25, -0.2) is 9.78 Å².